The van der Waals surface area contributed by atoms with E-state index in [9.17, 15) is 4.79 Å². The number of rotatable bonds is 1. The van der Waals surface area contributed by atoms with E-state index in [2.05, 4.69) is 5.32 Å². The Bertz CT molecular complexity index is 519. The maximum absolute atomic E-state index is 12.3. The van der Waals surface area contributed by atoms with Gasteiger partial charge in [-0.3, -0.25) is 15.1 Å². The van der Waals surface area contributed by atoms with Crippen LogP contribution < -0.4 is 15.8 Å². The lowest BCUT2D eigenvalue weighted by Gasteiger charge is -2.36. The molecule has 3 unspecified atom stereocenters. The zero-order chi connectivity index (χ0) is 14.1. The molecule has 0 spiro atoms. The highest BCUT2D eigenvalue weighted by Gasteiger charge is 2.43. The second-order valence-corrected chi connectivity index (χ2v) is 4.98. The second kappa shape index (κ2) is 5.24. The van der Waals surface area contributed by atoms with Crippen LogP contribution >= 0.6 is 0 Å². The summed E-state index contributed by atoms with van der Waals surface area (Å²) in [6, 6.07) is 9.10. The fraction of sp³-hybridized carbons (Fsp3) is 0.357. The van der Waals surface area contributed by atoms with Crippen molar-refractivity contribution >= 4 is 6.09 Å². The summed E-state index contributed by atoms with van der Waals surface area (Å²) in [5.74, 6) is 0.543. The number of fused-ring (bicyclic) bond motifs is 1. The van der Waals surface area contributed by atoms with E-state index in [4.69, 9.17) is 10.5 Å². The molecule has 1 aromatic rings. The topological polar surface area (TPSA) is 70.8 Å². The average Bonchev–Trinajstić information content (AvgIpc) is 2.75. The Hall–Kier alpha value is -1.89. The molecule has 3 rings (SSSR count). The number of para-hydroxylation sites is 1. The Morgan fingerprint density at radius 3 is 2.90 bits per heavy atom. The maximum Gasteiger partial charge on any atom is 0.416 e. The highest BCUT2D eigenvalue weighted by atomic mass is 16.6. The normalized spacial score (nSPS) is 29.3. The van der Waals surface area contributed by atoms with Gasteiger partial charge in [0.05, 0.1) is 6.04 Å². The van der Waals surface area contributed by atoms with Crippen molar-refractivity contribution in [1.29, 1.82) is 0 Å². The van der Waals surface area contributed by atoms with Gasteiger partial charge in [-0.15, -0.1) is 0 Å². The number of carbonyl (C=O) groups is 1. The molecule has 1 saturated heterocycles. The number of nitrogens with two attached hydrogens (primary N) is 1. The minimum absolute atomic E-state index is 0.0343. The lowest BCUT2D eigenvalue weighted by molar-refractivity contribution is 0.0734. The van der Waals surface area contributed by atoms with Gasteiger partial charge >= 0.3 is 6.09 Å². The minimum Gasteiger partial charge on any atom is -0.410 e. The molecular weight excluding hydrogens is 256 g/mol. The standard InChI is InChI=1S/C14H18N4O2/c1-17-12-11(16-13(17)15)8-5-9-18(12)14(19)20-10-6-3-2-4-7-10/h2-8,11-13,16H,9,15H2,1H3. The molecule has 20 heavy (non-hydrogen) atoms. The van der Waals surface area contributed by atoms with E-state index in [1.54, 1.807) is 17.0 Å². The molecule has 6 nitrogen and oxygen atoms in total. The molecule has 0 aliphatic carbocycles. The van der Waals surface area contributed by atoms with Gasteiger partial charge in [0.25, 0.3) is 0 Å². The van der Waals surface area contributed by atoms with Crippen LogP contribution in [0.15, 0.2) is 42.5 Å². The SMILES string of the molecule is CN1C(N)NC2C=CCN(C(=O)Oc3ccccc3)C21. The van der Waals surface area contributed by atoms with Crippen molar-refractivity contribution in [3.63, 3.8) is 0 Å². The van der Waals surface area contributed by atoms with Crippen LogP contribution in [0.5, 0.6) is 5.75 Å². The zero-order valence-electron chi connectivity index (χ0n) is 11.3. The Morgan fingerprint density at radius 1 is 1.40 bits per heavy atom. The summed E-state index contributed by atoms with van der Waals surface area (Å²) >= 11 is 0. The number of hydrogen-bond acceptors (Lipinski definition) is 5. The van der Waals surface area contributed by atoms with Gasteiger partial charge in [0.1, 0.15) is 18.2 Å². The molecule has 2 heterocycles. The Labute approximate surface area is 117 Å². The van der Waals surface area contributed by atoms with E-state index < -0.39 is 0 Å². The van der Waals surface area contributed by atoms with Gasteiger partial charge in [0, 0.05) is 6.54 Å². The van der Waals surface area contributed by atoms with Gasteiger partial charge < -0.3 is 10.5 Å². The third-order valence-corrected chi connectivity index (χ3v) is 3.69. The monoisotopic (exact) mass is 274 g/mol. The van der Waals surface area contributed by atoms with Gasteiger partial charge in [-0.2, -0.15) is 0 Å². The highest BCUT2D eigenvalue weighted by Crippen LogP contribution is 2.23. The van der Waals surface area contributed by atoms with Crippen LogP contribution in [-0.2, 0) is 0 Å². The number of carbonyl (C=O) groups excluding carboxylic acids is 1. The summed E-state index contributed by atoms with van der Waals surface area (Å²) in [6.45, 7) is 0.519. The molecule has 1 amide bonds. The fourth-order valence-corrected chi connectivity index (χ4v) is 2.65. The zero-order valence-corrected chi connectivity index (χ0v) is 11.3. The predicted molar refractivity (Wildman–Crippen MR) is 74.8 cm³/mol. The third kappa shape index (κ3) is 2.29. The predicted octanol–water partition coefficient (Wildman–Crippen LogP) is 0.529. The first-order valence-corrected chi connectivity index (χ1v) is 6.60. The molecule has 106 valence electrons. The minimum atomic E-state index is -0.363. The van der Waals surface area contributed by atoms with Crippen LogP contribution in [0.1, 0.15) is 0 Å². The number of nitrogens with one attached hydrogen (secondary N) is 1. The van der Waals surface area contributed by atoms with Crippen molar-refractivity contribution < 1.29 is 9.53 Å². The number of likely N-dealkylation sites (N-methyl/N-ethyl adjacent to an activating group) is 1. The van der Waals surface area contributed by atoms with Crippen molar-refractivity contribution in [3.05, 3.63) is 42.5 Å². The first-order chi connectivity index (χ1) is 9.66. The smallest absolute Gasteiger partial charge is 0.410 e. The van der Waals surface area contributed by atoms with E-state index in [1.165, 1.54) is 0 Å². The van der Waals surface area contributed by atoms with Gasteiger partial charge in [0.2, 0.25) is 0 Å². The highest BCUT2D eigenvalue weighted by molar-refractivity contribution is 5.71. The maximum atomic E-state index is 12.3. The summed E-state index contributed by atoms with van der Waals surface area (Å²) in [5.41, 5.74) is 5.96. The van der Waals surface area contributed by atoms with E-state index >= 15 is 0 Å². The number of ether oxygens (including phenoxy) is 1. The molecule has 1 aromatic carbocycles. The lowest BCUT2D eigenvalue weighted by Crippen LogP contribution is -2.55. The molecule has 2 aliphatic rings. The van der Waals surface area contributed by atoms with Gasteiger partial charge in [0.15, 0.2) is 0 Å². The lowest BCUT2D eigenvalue weighted by atomic mass is 10.1. The van der Waals surface area contributed by atoms with E-state index in [1.807, 2.05) is 42.3 Å². The van der Waals surface area contributed by atoms with E-state index in [0.29, 0.717) is 12.3 Å². The van der Waals surface area contributed by atoms with E-state index in [0.717, 1.165) is 0 Å². The van der Waals surface area contributed by atoms with Crippen LogP contribution in [0.25, 0.3) is 0 Å². The first-order valence-electron chi connectivity index (χ1n) is 6.60. The van der Waals surface area contributed by atoms with Crippen LogP contribution in [0.3, 0.4) is 0 Å². The quantitative estimate of drug-likeness (QED) is 0.731. The average molecular weight is 274 g/mol. The van der Waals surface area contributed by atoms with Crippen LogP contribution in [0.4, 0.5) is 4.79 Å². The summed E-state index contributed by atoms with van der Waals surface area (Å²) in [5, 5.41) is 3.22. The molecule has 0 radical (unpaired) electrons. The molecule has 6 heteroatoms. The number of benzene rings is 1. The Kier molecular flexibility index (Phi) is 3.43. The summed E-state index contributed by atoms with van der Waals surface area (Å²) in [7, 11) is 1.89. The molecule has 0 bridgehead atoms. The molecule has 1 fully saturated rings. The van der Waals surface area contributed by atoms with E-state index in [-0.39, 0.29) is 24.6 Å². The molecule has 2 aliphatic heterocycles. The second-order valence-electron chi connectivity index (χ2n) is 4.98. The van der Waals surface area contributed by atoms with Crippen LogP contribution in [-0.4, -0.2) is 48.0 Å². The molecule has 3 N–H and O–H groups in total. The van der Waals surface area contributed by atoms with Crippen molar-refractivity contribution in [2.75, 3.05) is 13.6 Å². The largest absolute Gasteiger partial charge is 0.416 e. The van der Waals surface area contributed by atoms with Crippen molar-refractivity contribution in [1.82, 2.24) is 15.1 Å². The van der Waals surface area contributed by atoms with Crippen molar-refractivity contribution in [2.45, 2.75) is 18.5 Å². The van der Waals surface area contributed by atoms with Gasteiger partial charge in [-0.1, -0.05) is 30.4 Å². The molecule has 3 atom stereocenters. The fourth-order valence-electron chi connectivity index (χ4n) is 2.65. The number of amides is 1. The third-order valence-electron chi connectivity index (χ3n) is 3.69. The summed E-state index contributed by atoms with van der Waals surface area (Å²) in [6.07, 6.45) is 3.25. The molecule has 0 aromatic heterocycles. The van der Waals surface area contributed by atoms with Gasteiger partial charge in [-0.25, -0.2) is 4.79 Å². The van der Waals surface area contributed by atoms with Crippen LogP contribution in [0, 0.1) is 0 Å². The Morgan fingerprint density at radius 2 is 2.15 bits per heavy atom. The Balaban J connectivity index is 1.76. The first kappa shape index (κ1) is 13.1. The summed E-state index contributed by atoms with van der Waals surface area (Å²) < 4.78 is 5.40. The molecule has 0 saturated carbocycles. The number of hydrogen-bond donors (Lipinski definition) is 2. The molecular formula is C14H18N4O2. The summed E-state index contributed by atoms with van der Waals surface area (Å²) in [4.78, 5) is 15.9. The van der Waals surface area contributed by atoms with Gasteiger partial charge in [-0.05, 0) is 19.2 Å². The van der Waals surface area contributed by atoms with Crippen molar-refractivity contribution in [2.24, 2.45) is 5.73 Å². The van der Waals surface area contributed by atoms with Crippen LogP contribution in [0.2, 0.25) is 0 Å². The van der Waals surface area contributed by atoms with Crippen molar-refractivity contribution in [3.8, 4) is 5.75 Å². The number of nitrogens with zero attached hydrogens (tertiary/aromatic N) is 2.